The van der Waals surface area contributed by atoms with Crippen molar-refractivity contribution in [2.75, 3.05) is 48.5 Å². The minimum Gasteiger partial charge on any atom is -0.493 e. The Hall–Kier alpha value is -3.56. The van der Waals surface area contributed by atoms with Crippen molar-refractivity contribution < 1.29 is 28.5 Å². The fourth-order valence-electron chi connectivity index (χ4n) is 4.57. The predicted octanol–water partition coefficient (Wildman–Crippen LogP) is 2.73. The summed E-state index contributed by atoms with van der Waals surface area (Å²) in [6.07, 6.45) is 0.562. The third kappa shape index (κ3) is 3.90. The molecule has 0 bridgehead atoms. The number of benzene rings is 2. The molecule has 0 fully saturated rings. The maximum Gasteiger partial charge on any atom is 0.293 e. The summed E-state index contributed by atoms with van der Waals surface area (Å²) in [5.41, 5.74) is -1.33. The third-order valence-electron chi connectivity index (χ3n) is 6.28. The zero-order valence-electron chi connectivity index (χ0n) is 20.8. The molecule has 0 spiro atoms. The average molecular weight is 483 g/mol. The van der Waals surface area contributed by atoms with Gasteiger partial charge in [-0.1, -0.05) is 11.6 Å². The van der Waals surface area contributed by atoms with Gasteiger partial charge in [0.25, 0.3) is 5.91 Å². The number of rotatable bonds is 8. The number of fused-ring (bicyclic) bond motifs is 2. The first kappa shape index (κ1) is 24.6. The van der Waals surface area contributed by atoms with Gasteiger partial charge >= 0.3 is 0 Å². The van der Waals surface area contributed by atoms with Gasteiger partial charge in [0, 0.05) is 12.1 Å². The van der Waals surface area contributed by atoms with Gasteiger partial charge in [0.05, 0.1) is 26.7 Å². The highest BCUT2D eigenvalue weighted by atomic mass is 16.5. The lowest BCUT2D eigenvalue weighted by Gasteiger charge is -2.34. The first-order chi connectivity index (χ1) is 16.7. The molecule has 1 aliphatic heterocycles. The topological polar surface area (TPSA) is 102 Å². The van der Waals surface area contributed by atoms with E-state index >= 15 is 0 Å². The lowest BCUT2D eigenvalue weighted by atomic mass is 9.93. The lowest BCUT2D eigenvalue weighted by molar-refractivity contribution is -0.0515. The van der Waals surface area contributed by atoms with Gasteiger partial charge in [0.2, 0.25) is 22.7 Å². The Morgan fingerprint density at radius 2 is 1.69 bits per heavy atom. The number of hydrogen-bond donors (Lipinski definition) is 1. The minimum atomic E-state index is -2.11. The van der Waals surface area contributed by atoms with Gasteiger partial charge in [-0.05, 0) is 58.3 Å². The second kappa shape index (κ2) is 9.24. The molecule has 0 saturated heterocycles. The highest BCUT2D eigenvalue weighted by molar-refractivity contribution is 5.99. The highest BCUT2D eigenvalue weighted by Gasteiger charge is 2.54. The van der Waals surface area contributed by atoms with Crippen LogP contribution >= 0.6 is 0 Å². The SMILES string of the molecule is COc1cc(C2(O)c3c(oc4ccc(C)cc4c3=O)C(=O)N2CCCN(C)C)cc(OC)c1OC. The number of methoxy groups -OCH3 is 3. The zero-order chi connectivity index (χ0) is 25.5. The molecule has 9 heteroatoms. The number of amides is 1. The molecule has 2 aromatic carbocycles. The molecule has 4 rings (SSSR count). The molecule has 3 aromatic rings. The Kier molecular flexibility index (Phi) is 6.48. The Labute approximate surface area is 203 Å². The summed E-state index contributed by atoms with van der Waals surface area (Å²) in [5.74, 6) is 0.158. The maximum atomic E-state index is 13.8. The molecule has 186 valence electrons. The number of aryl methyl sites for hydroxylation is 1. The average Bonchev–Trinajstić information content (AvgIpc) is 3.05. The van der Waals surface area contributed by atoms with Gasteiger partial charge in [-0.15, -0.1) is 0 Å². The first-order valence-corrected chi connectivity index (χ1v) is 11.2. The predicted molar refractivity (Wildman–Crippen MR) is 131 cm³/mol. The van der Waals surface area contributed by atoms with Gasteiger partial charge in [-0.3, -0.25) is 14.5 Å². The van der Waals surface area contributed by atoms with Crippen LogP contribution in [-0.4, -0.2) is 69.3 Å². The molecule has 1 atom stereocenters. The van der Waals surface area contributed by atoms with Gasteiger partial charge in [0.1, 0.15) is 11.1 Å². The molecule has 1 aliphatic rings. The van der Waals surface area contributed by atoms with Crippen molar-refractivity contribution in [1.29, 1.82) is 0 Å². The largest absolute Gasteiger partial charge is 0.493 e. The zero-order valence-corrected chi connectivity index (χ0v) is 20.8. The fraction of sp³-hybridized carbons (Fsp3) is 0.385. The van der Waals surface area contributed by atoms with Gasteiger partial charge in [0.15, 0.2) is 11.5 Å². The van der Waals surface area contributed by atoms with E-state index in [1.807, 2.05) is 25.9 Å². The second-order valence-electron chi connectivity index (χ2n) is 8.83. The molecule has 0 aliphatic carbocycles. The summed E-state index contributed by atoms with van der Waals surface area (Å²) in [6.45, 7) is 2.72. The number of carbonyl (C=O) groups is 1. The van der Waals surface area contributed by atoms with E-state index in [9.17, 15) is 14.7 Å². The molecule has 0 radical (unpaired) electrons. The molecule has 1 amide bonds. The molecule has 0 saturated carbocycles. The van der Waals surface area contributed by atoms with Crippen LogP contribution in [0.2, 0.25) is 0 Å². The molecular formula is C26H30N2O7. The van der Waals surface area contributed by atoms with E-state index in [-0.39, 0.29) is 45.9 Å². The summed E-state index contributed by atoms with van der Waals surface area (Å²) >= 11 is 0. The molecule has 1 aromatic heterocycles. The summed E-state index contributed by atoms with van der Waals surface area (Å²) in [6, 6.07) is 8.24. The van der Waals surface area contributed by atoms with Crippen LogP contribution in [0.1, 0.15) is 33.7 Å². The van der Waals surface area contributed by atoms with Crippen LogP contribution in [0.3, 0.4) is 0 Å². The number of carbonyl (C=O) groups excluding carboxylic acids is 1. The number of aliphatic hydroxyl groups is 1. The summed E-state index contributed by atoms with van der Waals surface area (Å²) in [4.78, 5) is 30.6. The van der Waals surface area contributed by atoms with Crippen molar-refractivity contribution >= 4 is 16.9 Å². The standard InChI is InChI=1S/C26H30N2O7/c1-15-8-9-18-17(12-15)22(29)21-24(35-18)25(30)28(11-7-10-27(2)3)26(21,31)16-13-19(32-4)23(34-6)20(14-16)33-5/h8-9,12-14,31H,7,10-11H2,1-6H3. The van der Waals surface area contributed by atoms with Crippen LogP contribution in [0.5, 0.6) is 17.2 Å². The second-order valence-corrected chi connectivity index (χ2v) is 8.83. The van der Waals surface area contributed by atoms with E-state index in [1.165, 1.54) is 26.2 Å². The van der Waals surface area contributed by atoms with E-state index in [0.29, 0.717) is 18.7 Å². The highest BCUT2D eigenvalue weighted by Crippen LogP contribution is 2.47. The molecule has 2 heterocycles. The van der Waals surface area contributed by atoms with Crippen molar-refractivity contribution in [1.82, 2.24) is 9.80 Å². The van der Waals surface area contributed by atoms with Gasteiger partial charge < -0.3 is 28.6 Å². The van der Waals surface area contributed by atoms with Crippen molar-refractivity contribution in [3.8, 4) is 17.2 Å². The molecular weight excluding hydrogens is 452 g/mol. The van der Waals surface area contributed by atoms with Gasteiger partial charge in [-0.25, -0.2) is 0 Å². The first-order valence-electron chi connectivity index (χ1n) is 11.2. The van der Waals surface area contributed by atoms with E-state index in [1.54, 1.807) is 30.3 Å². The van der Waals surface area contributed by atoms with Crippen LogP contribution < -0.4 is 19.6 Å². The molecule has 35 heavy (non-hydrogen) atoms. The van der Waals surface area contributed by atoms with E-state index in [2.05, 4.69) is 0 Å². The van der Waals surface area contributed by atoms with Crippen LogP contribution in [-0.2, 0) is 5.72 Å². The Morgan fingerprint density at radius 3 is 2.26 bits per heavy atom. The minimum absolute atomic E-state index is 0.125. The molecule has 9 nitrogen and oxygen atoms in total. The van der Waals surface area contributed by atoms with Crippen LogP contribution in [0.25, 0.3) is 11.0 Å². The molecule has 1 N–H and O–H groups in total. The molecule has 1 unspecified atom stereocenters. The third-order valence-corrected chi connectivity index (χ3v) is 6.28. The summed E-state index contributed by atoms with van der Waals surface area (Å²) in [7, 11) is 8.23. The Morgan fingerprint density at radius 1 is 1.03 bits per heavy atom. The van der Waals surface area contributed by atoms with Crippen LogP contribution in [0.4, 0.5) is 0 Å². The van der Waals surface area contributed by atoms with Crippen molar-refractivity contribution in [3.63, 3.8) is 0 Å². The fourth-order valence-corrected chi connectivity index (χ4v) is 4.57. The van der Waals surface area contributed by atoms with Crippen molar-refractivity contribution in [2.24, 2.45) is 0 Å². The Bertz CT molecular complexity index is 1320. The normalized spacial score (nSPS) is 17.3. The van der Waals surface area contributed by atoms with E-state index in [0.717, 1.165) is 5.56 Å². The van der Waals surface area contributed by atoms with Crippen LogP contribution in [0.15, 0.2) is 39.5 Å². The van der Waals surface area contributed by atoms with E-state index in [4.69, 9.17) is 18.6 Å². The van der Waals surface area contributed by atoms with Crippen LogP contribution in [0, 0.1) is 6.92 Å². The van der Waals surface area contributed by atoms with E-state index < -0.39 is 17.1 Å². The Balaban J connectivity index is 2.02. The lowest BCUT2D eigenvalue weighted by Crippen LogP contribution is -2.47. The van der Waals surface area contributed by atoms with Crippen molar-refractivity contribution in [2.45, 2.75) is 19.1 Å². The summed E-state index contributed by atoms with van der Waals surface area (Å²) < 4.78 is 22.3. The maximum absolute atomic E-state index is 13.8. The monoisotopic (exact) mass is 482 g/mol. The smallest absolute Gasteiger partial charge is 0.293 e. The number of ether oxygens (including phenoxy) is 3. The summed E-state index contributed by atoms with van der Waals surface area (Å²) in [5, 5.41) is 12.6. The number of nitrogens with zero attached hydrogens (tertiary/aromatic N) is 2. The quantitative estimate of drug-likeness (QED) is 0.523. The van der Waals surface area contributed by atoms with Crippen molar-refractivity contribution in [3.05, 3.63) is 63.0 Å². The number of hydrogen-bond acceptors (Lipinski definition) is 8. The van der Waals surface area contributed by atoms with Gasteiger partial charge in [-0.2, -0.15) is 0 Å².